The maximum Gasteiger partial charge on any atom is 0.283 e. The number of nitrogens with zero attached hydrogens (tertiary/aromatic N) is 3. The number of aliphatic imine (C=N–C) groups is 1. The number of nitrogens with one attached hydrogen (secondary N) is 1. The normalized spacial score (nSPS) is 20.1. The van der Waals surface area contributed by atoms with E-state index in [1.165, 1.54) is 13.0 Å². The van der Waals surface area contributed by atoms with E-state index in [4.69, 9.17) is 11.0 Å². The van der Waals surface area contributed by atoms with Gasteiger partial charge in [0.15, 0.2) is 0 Å². The first-order valence-corrected chi connectivity index (χ1v) is 9.00. The van der Waals surface area contributed by atoms with Crippen molar-refractivity contribution >= 4 is 17.4 Å². The summed E-state index contributed by atoms with van der Waals surface area (Å²) in [7, 11) is 0. The lowest BCUT2D eigenvalue weighted by Crippen LogP contribution is -2.54. The van der Waals surface area contributed by atoms with Crippen molar-refractivity contribution in [3.05, 3.63) is 58.7 Å². The van der Waals surface area contributed by atoms with Crippen LogP contribution in [0.1, 0.15) is 40.0 Å². The fourth-order valence-electron chi connectivity index (χ4n) is 3.38. The van der Waals surface area contributed by atoms with E-state index in [0.29, 0.717) is 17.7 Å². The average Bonchev–Trinajstić information content (AvgIpc) is 2.70. The van der Waals surface area contributed by atoms with Crippen LogP contribution in [-0.2, 0) is 5.54 Å². The van der Waals surface area contributed by atoms with Gasteiger partial charge in [0.2, 0.25) is 5.54 Å². The van der Waals surface area contributed by atoms with E-state index in [2.05, 4.69) is 15.3 Å². The number of rotatable bonds is 4. The Balaban J connectivity index is 2.05. The molecule has 1 atom stereocenters. The molecule has 162 valence electrons. The third-order valence-electron chi connectivity index (χ3n) is 4.95. The molecule has 1 aliphatic heterocycles. The average molecular weight is 437 g/mol. The molecule has 2 aromatic rings. The Kier molecular flexibility index (Phi) is 5.67. The van der Waals surface area contributed by atoms with Gasteiger partial charge >= 0.3 is 0 Å². The highest BCUT2D eigenvalue weighted by Gasteiger charge is 2.63. The Morgan fingerprint density at radius 3 is 2.65 bits per heavy atom. The van der Waals surface area contributed by atoms with E-state index in [9.17, 15) is 26.7 Å². The van der Waals surface area contributed by atoms with Crippen molar-refractivity contribution in [1.82, 2.24) is 4.98 Å². The van der Waals surface area contributed by atoms with Crippen molar-refractivity contribution in [2.75, 3.05) is 5.32 Å². The van der Waals surface area contributed by atoms with Gasteiger partial charge in [0.05, 0.1) is 11.4 Å². The van der Waals surface area contributed by atoms with Crippen LogP contribution in [0.25, 0.3) is 0 Å². The van der Waals surface area contributed by atoms with Crippen molar-refractivity contribution in [2.24, 2.45) is 10.7 Å². The van der Waals surface area contributed by atoms with Crippen molar-refractivity contribution in [2.45, 2.75) is 37.7 Å². The summed E-state index contributed by atoms with van der Waals surface area (Å²) in [5.41, 5.74) is 1.10. The molecule has 0 bridgehead atoms. The van der Waals surface area contributed by atoms with Crippen LogP contribution in [0.2, 0.25) is 0 Å². The first kappa shape index (κ1) is 22.1. The van der Waals surface area contributed by atoms with Gasteiger partial charge in [-0.2, -0.15) is 5.26 Å². The van der Waals surface area contributed by atoms with Crippen LogP contribution in [0, 0.1) is 24.1 Å². The lowest BCUT2D eigenvalue weighted by atomic mass is 9.79. The number of anilines is 1. The van der Waals surface area contributed by atoms with Crippen molar-refractivity contribution in [3.63, 3.8) is 0 Å². The van der Waals surface area contributed by atoms with E-state index in [0.717, 1.165) is 12.3 Å². The Labute approximate surface area is 173 Å². The number of aromatic nitrogens is 1. The van der Waals surface area contributed by atoms with Crippen molar-refractivity contribution in [3.8, 4) is 6.07 Å². The molecule has 11 heteroatoms. The van der Waals surface area contributed by atoms with Gasteiger partial charge in [-0.15, -0.1) is 0 Å². The molecule has 0 saturated carbocycles. The van der Waals surface area contributed by atoms with E-state index in [1.54, 1.807) is 0 Å². The quantitative estimate of drug-likeness (QED) is 0.708. The summed E-state index contributed by atoms with van der Waals surface area (Å²) in [6.45, 7) is 1.52. The molecule has 2 heterocycles. The molecule has 1 aliphatic rings. The van der Waals surface area contributed by atoms with Crippen LogP contribution >= 0.6 is 0 Å². The Morgan fingerprint density at radius 2 is 2.03 bits per heavy atom. The van der Waals surface area contributed by atoms with Crippen molar-refractivity contribution < 1.29 is 26.7 Å². The number of halogens is 5. The number of nitriles is 1. The number of nitrogens with two attached hydrogens (primary N) is 1. The largest absolute Gasteiger partial charge is 0.387 e. The minimum atomic E-state index is -4.08. The van der Waals surface area contributed by atoms with Crippen LogP contribution in [0.5, 0.6) is 0 Å². The summed E-state index contributed by atoms with van der Waals surface area (Å²) in [5, 5.41) is 11.2. The van der Waals surface area contributed by atoms with Gasteiger partial charge in [-0.25, -0.2) is 31.9 Å². The van der Waals surface area contributed by atoms with Crippen LogP contribution in [0.4, 0.5) is 27.6 Å². The van der Waals surface area contributed by atoms with Crippen molar-refractivity contribution in [1.29, 1.82) is 5.26 Å². The second-order valence-corrected chi connectivity index (χ2v) is 7.02. The number of benzene rings is 1. The van der Waals surface area contributed by atoms with Crippen LogP contribution in [-0.4, -0.2) is 29.1 Å². The van der Waals surface area contributed by atoms with Crippen LogP contribution in [0.15, 0.2) is 35.5 Å². The molecule has 31 heavy (non-hydrogen) atoms. The number of carbonyl (C=O) groups is 1. The molecular formula is C20H16F5N5O. The molecular weight excluding hydrogens is 421 g/mol. The lowest BCUT2D eigenvalue weighted by molar-refractivity contribution is -0.145. The summed E-state index contributed by atoms with van der Waals surface area (Å²) >= 11 is 0. The SMILES string of the molecule is Cc1cc(C#N)cnc1C(=O)Nc1ccc(F)c(C2(C(F)F)N=C(N)CCC2(F)F)c1. The van der Waals surface area contributed by atoms with Crippen LogP contribution < -0.4 is 11.1 Å². The zero-order valence-corrected chi connectivity index (χ0v) is 16.1. The summed E-state index contributed by atoms with van der Waals surface area (Å²) in [6, 6.07) is 5.67. The van der Waals surface area contributed by atoms with Gasteiger partial charge in [-0.1, -0.05) is 0 Å². The summed E-state index contributed by atoms with van der Waals surface area (Å²) < 4.78 is 71.8. The predicted octanol–water partition coefficient (Wildman–Crippen LogP) is 3.90. The van der Waals surface area contributed by atoms with Gasteiger partial charge in [0, 0.05) is 30.3 Å². The lowest BCUT2D eigenvalue weighted by Gasteiger charge is -2.40. The van der Waals surface area contributed by atoms with Gasteiger partial charge in [-0.05, 0) is 36.8 Å². The number of hydrogen-bond donors (Lipinski definition) is 2. The molecule has 0 radical (unpaired) electrons. The molecule has 1 unspecified atom stereocenters. The smallest absolute Gasteiger partial charge is 0.283 e. The third-order valence-corrected chi connectivity index (χ3v) is 4.95. The second-order valence-electron chi connectivity index (χ2n) is 7.02. The molecule has 1 aromatic carbocycles. The molecule has 0 fully saturated rings. The summed E-state index contributed by atoms with van der Waals surface area (Å²) in [4.78, 5) is 19.7. The van der Waals surface area contributed by atoms with Gasteiger partial charge in [0.1, 0.15) is 17.6 Å². The predicted molar refractivity (Wildman–Crippen MR) is 102 cm³/mol. The minimum absolute atomic E-state index is 0.0845. The molecule has 0 saturated heterocycles. The maximum atomic E-state index is 14.7. The third kappa shape index (κ3) is 3.81. The Morgan fingerprint density at radius 1 is 1.32 bits per heavy atom. The number of alkyl halides is 4. The molecule has 1 aromatic heterocycles. The van der Waals surface area contributed by atoms with Gasteiger partial charge in [-0.3, -0.25) is 4.79 Å². The molecule has 0 spiro atoms. The molecule has 3 rings (SSSR count). The number of amidine groups is 1. The summed E-state index contributed by atoms with van der Waals surface area (Å²) in [6.07, 6.45) is -4.06. The van der Waals surface area contributed by atoms with E-state index in [1.807, 2.05) is 6.07 Å². The molecule has 3 N–H and O–H groups in total. The highest BCUT2D eigenvalue weighted by molar-refractivity contribution is 6.03. The maximum absolute atomic E-state index is 14.7. The fourth-order valence-corrected chi connectivity index (χ4v) is 3.38. The van der Waals surface area contributed by atoms with E-state index >= 15 is 0 Å². The number of hydrogen-bond acceptors (Lipinski definition) is 5. The highest BCUT2D eigenvalue weighted by Crippen LogP contribution is 2.51. The van der Waals surface area contributed by atoms with E-state index < -0.39 is 53.9 Å². The number of pyridine rings is 1. The number of aryl methyl sites for hydroxylation is 1. The Hall–Kier alpha value is -3.55. The molecule has 0 aliphatic carbocycles. The second kappa shape index (κ2) is 7.94. The first-order chi connectivity index (χ1) is 14.5. The standard InChI is InChI=1S/C20H16F5N5O/c1-10-6-11(8-26)9-28-16(10)17(31)29-12-2-3-14(21)13(7-12)20(18(22)23)19(24,25)5-4-15(27)30-20/h2-3,6-7,9,18H,4-5H2,1H3,(H2,27,30)(H,29,31). The monoisotopic (exact) mass is 437 g/mol. The molecule has 1 amide bonds. The van der Waals surface area contributed by atoms with E-state index in [-0.39, 0.29) is 16.9 Å². The highest BCUT2D eigenvalue weighted by atomic mass is 19.3. The molecule has 6 nitrogen and oxygen atoms in total. The first-order valence-electron chi connectivity index (χ1n) is 9.00. The fraction of sp³-hybridized carbons (Fsp3) is 0.300. The topological polar surface area (TPSA) is 104 Å². The Bertz CT molecular complexity index is 1110. The van der Waals surface area contributed by atoms with Crippen LogP contribution in [0.3, 0.4) is 0 Å². The number of amides is 1. The number of carbonyl (C=O) groups excluding carboxylic acids is 1. The zero-order chi connectivity index (χ0) is 23.0. The van der Waals surface area contributed by atoms with Gasteiger partial charge < -0.3 is 11.1 Å². The minimum Gasteiger partial charge on any atom is -0.387 e. The zero-order valence-electron chi connectivity index (χ0n) is 16.1. The summed E-state index contributed by atoms with van der Waals surface area (Å²) in [5.74, 6) is -6.68. The van der Waals surface area contributed by atoms with Gasteiger partial charge in [0.25, 0.3) is 18.3 Å².